The predicted octanol–water partition coefficient (Wildman–Crippen LogP) is 0.181. The van der Waals surface area contributed by atoms with Gasteiger partial charge in [0.05, 0.1) is 12.7 Å². The van der Waals surface area contributed by atoms with Gasteiger partial charge in [0.25, 0.3) is 5.56 Å². The van der Waals surface area contributed by atoms with Crippen LogP contribution >= 0.6 is 0 Å². The summed E-state index contributed by atoms with van der Waals surface area (Å²) in [6, 6.07) is 1.35. The standard InChI is InChI=1S/C12H16N6O3/c1-7(2)12-14-9(3-10(19)15-12)13-4-8-5-18(17-16-8)6-11(20)21/h3,5,7H,4,6H2,1-2H3,(H,20,21)(H2,13,14,15,19). The third-order valence-corrected chi connectivity index (χ3v) is 2.64. The fourth-order valence-electron chi connectivity index (χ4n) is 1.66. The molecular formula is C12H16N6O3. The summed E-state index contributed by atoms with van der Waals surface area (Å²) in [4.78, 5) is 29.0. The average molecular weight is 292 g/mol. The summed E-state index contributed by atoms with van der Waals surface area (Å²) in [5.74, 6) is 0.155. The first-order valence-corrected chi connectivity index (χ1v) is 6.40. The maximum absolute atomic E-state index is 11.5. The molecule has 0 bridgehead atoms. The van der Waals surface area contributed by atoms with Crippen LogP contribution in [-0.4, -0.2) is 36.0 Å². The number of aromatic amines is 1. The van der Waals surface area contributed by atoms with Gasteiger partial charge in [0.2, 0.25) is 0 Å². The van der Waals surface area contributed by atoms with E-state index in [1.807, 2.05) is 13.8 Å². The molecule has 0 spiro atoms. The van der Waals surface area contributed by atoms with Gasteiger partial charge in [-0.25, -0.2) is 9.67 Å². The molecule has 0 atom stereocenters. The highest BCUT2D eigenvalue weighted by molar-refractivity contribution is 5.66. The van der Waals surface area contributed by atoms with E-state index in [1.165, 1.54) is 16.9 Å². The van der Waals surface area contributed by atoms with Crippen LogP contribution in [0.4, 0.5) is 5.82 Å². The number of aromatic nitrogens is 5. The second-order valence-electron chi connectivity index (χ2n) is 4.83. The van der Waals surface area contributed by atoms with Gasteiger partial charge in [-0.3, -0.25) is 9.59 Å². The second-order valence-corrected chi connectivity index (χ2v) is 4.83. The number of carboxylic acids is 1. The molecule has 2 aromatic heterocycles. The van der Waals surface area contributed by atoms with Gasteiger partial charge in [0.1, 0.15) is 23.9 Å². The molecule has 0 fully saturated rings. The normalized spacial score (nSPS) is 10.8. The highest BCUT2D eigenvalue weighted by Crippen LogP contribution is 2.09. The maximum Gasteiger partial charge on any atom is 0.325 e. The van der Waals surface area contributed by atoms with Crippen LogP contribution in [0.25, 0.3) is 0 Å². The summed E-state index contributed by atoms with van der Waals surface area (Å²) in [5.41, 5.74) is 0.329. The topological polar surface area (TPSA) is 126 Å². The molecule has 0 aliphatic rings. The van der Waals surface area contributed by atoms with Crippen molar-refractivity contribution in [3.63, 3.8) is 0 Å². The number of aliphatic carboxylic acids is 1. The van der Waals surface area contributed by atoms with E-state index in [9.17, 15) is 9.59 Å². The minimum absolute atomic E-state index is 0.107. The van der Waals surface area contributed by atoms with Crippen LogP contribution in [0.15, 0.2) is 17.1 Å². The van der Waals surface area contributed by atoms with Crippen LogP contribution < -0.4 is 10.9 Å². The Labute approximate surface area is 120 Å². The highest BCUT2D eigenvalue weighted by atomic mass is 16.4. The first-order valence-electron chi connectivity index (χ1n) is 6.40. The minimum atomic E-state index is -0.989. The molecule has 3 N–H and O–H groups in total. The lowest BCUT2D eigenvalue weighted by Crippen LogP contribution is -2.14. The number of rotatable bonds is 6. The number of hydrogen-bond acceptors (Lipinski definition) is 6. The number of H-pyrrole nitrogens is 1. The number of anilines is 1. The Morgan fingerprint density at radius 1 is 1.52 bits per heavy atom. The van der Waals surface area contributed by atoms with Crippen LogP contribution in [-0.2, 0) is 17.9 Å². The molecular weight excluding hydrogens is 276 g/mol. The SMILES string of the molecule is CC(C)c1nc(NCc2cn(CC(=O)O)nn2)cc(=O)[nH]1. The van der Waals surface area contributed by atoms with Crippen molar-refractivity contribution in [2.75, 3.05) is 5.32 Å². The van der Waals surface area contributed by atoms with Crippen molar-refractivity contribution in [2.24, 2.45) is 0 Å². The van der Waals surface area contributed by atoms with Crippen LogP contribution in [0.2, 0.25) is 0 Å². The fraction of sp³-hybridized carbons (Fsp3) is 0.417. The molecule has 9 nitrogen and oxygen atoms in total. The summed E-state index contributed by atoms with van der Waals surface area (Å²) in [7, 11) is 0. The Balaban J connectivity index is 2.04. The van der Waals surface area contributed by atoms with Crippen molar-refractivity contribution in [2.45, 2.75) is 32.9 Å². The van der Waals surface area contributed by atoms with Gasteiger partial charge in [-0.2, -0.15) is 0 Å². The fourth-order valence-corrected chi connectivity index (χ4v) is 1.66. The van der Waals surface area contributed by atoms with E-state index in [2.05, 4.69) is 25.6 Å². The number of nitrogens with one attached hydrogen (secondary N) is 2. The van der Waals surface area contributed by atoms with Gasteiger partial charge < -0.3 is 15.4 Å². The number of carboxylic acid groups (broad SMARTS) is 1. The van der Waals surface area contributed by atoms with Gasteiger partial charge in [-0.05, 0) is 0 Å². The van der Waals surface area contributed by atoms with E-state index in [-0.39, 0.29) is 18.0 Å². The molecule has 0 aromatic carbocycles. The summed E-state index contributed by atoms with van der Waals surface area (Å²) in [6.07, 6.45) is 1.53. The first kappa shape index (κ1) is 14.7. The van der Waals surface area contributed by atoms with Crippen molar-refractivity contribution in [1.29, 1.82) is 0 Å². The summed E-state index contributed by atoms with van der Waals surface area (Å²) < 4.78 is 1.23. The zero-order valence-corrected chi connectivity index (χ0v) is 11.7. The molecule has 2 aromatic rings. The summed E-state index contributed by atoms with van der Waals surface area (Å²) in [6.45, 7) is 3.92. The van der Waals surface area contributed by atoms with Gasteiger partial charge in [-0.15, -0.1) is 5.10 Å². The van der Waals surface area contributed by atoms with E-state index in [0.717, 1.165) is 0 Å². The number of nitrogens with zero attached hydrogens (tertiary/aromatic N) is 4. The Morgan fingerprint density at radius 2 is 2.29 bits per heavy atom. The molecule has 0 aliphatic carbocycles. The second kappa shape index (κ2) is 6.16. The molecule has 0 aliphatic heterocycles. The lowest BCUT2D eigenvalue weighted by molar-refractivity contribution is -0.137. The van der Waals surface area contributed by atoms with Crippen LogP contribution in [0.3, 0.4) is 0 Å². The largest absolute Gasteiger partial charge is 0.480 e. The monoisotopic (exact) mass is 292 g/mol. The molecule has 0 saturated heterocycles. The first-order chi connectivity index (χ1) is 9.94. The number of carbonyl (C=O) groups is 1. The van der Waals surface area contributed by atoms with Crippen molar-refractivity contribution < 1.29 is 9.90 Å². The van der Waals surface area contributed by atoms with Crippen molar-refractivity contribution in [1.82, 2.24) is 25.0 Å². The highest BCUT2D eigenvalue weighted by Gasteiger charge is 2.07. The van der Waals surface area contributed by atoms with Crippen molar-refractivity contribution in [3.8, 4) is 0 Å². The zero-order valence-electron chi connectivity index (χ0n) is 11.7. The van der Waals surface area contributed by atoms with Gasteiger partial charge in [0, 0.05) is 12.0 Å². The quantitative estimate of drug-likeness (QED) is 0.693. The minimum Gasteiger partial charge on any atom is -0.480 e. The molecule has 2 heterocycles. The van der Waals surface area contributed by atoms with E-state index in [1.54, 1.807) is 0 Å². The zero-order chi connectivity index (χ0) is 15.4. The molecule has 9 heteroatoms. The molecule has 21 heavy (non-hydrogen) atoms. The molecule has 0 saturated carbocycles. The number of hydrogen-bond donors (Lipinski definition) is 3. The Morgan fingerprint density at radius 3 is 2.95 bits per heavy atom. The van der Waals surface area contributed by atoms with Gasteiger partial charge in [-0.1, -0.05) is 19.1 Å². The lowest BCUT2D eigenvalue weighted by atomic mass is 10.2. The smallest absolute Gasteiger partial charge is 0.325 e. The van der Waals surface area contributed by atoms with Crippen LogP contribution in [0.5, 0.6) is 0 Å². The van der Waals surface area contributed by atoms with E-state index in [0.29, 0.717) is 23.9 Å². The van der Waals surface area contributed by atoms with Gasteiger partial charge >= 0.3 is 5.97 Å². The molecule has 2 rings (SSSR count). The molecule has 0 amide bonds. The third-order valence-electron chi connectivity index (χ3n) is 2.64. The van der Waals surface area contributed by atoms with Crippen LogP contribution in [0, 0.1) is 0 Å². The summed E-state index contributed by atoms with van der Waals surface area (Å²) >= 11 is 0. The van der Waals surface area contributed by atoms with Crippen molar-refractivity contribution in [3.05, 3.63) is 34.1 Å². The summed E-state index contributed by atoms with van der Waals surface area (Å²) in [5, 5.41) is 19.1. The average Bonchev–Trinajstić information content (AvgIpc) is 2.82. The van der Waals surface area contributed by atoms with Gasteiger partial charge in [0.15, 0.2) is 0 Å². The molecule has 0 radical (unpaired) electrons. The Bertz CT molecular complexity index is 690. The van der Waals surface area contributed by atoms with E-state index < -0.39 is 5.97 Å². The predicted molar refractivity (Wildman–Crippen MR) is 73.9 cm³/mol. The van der Waals surface area contributed by atoms with Crippen LogP contribution in [0.1, 0.15) is 31.3 Å². The van der Waals surface area contributed by atoms with E-state index in [4.69, 9.17) is 5.11 Å². The Hall–Kier alpha value is -2.71. The van der Waals surface area contributed by atoms with E-state index >= 15 is 0 Å². The molecule has 112 valence electrons. The maximum atomic E-state index is 11.5. The Kier molecular flexibility index (Phi) is 4.31. The lowest BCUT2D eigenvalue weighted by Gasteiger charge is -2.07. The molecule has 0 unspecified atom stereocenters. The third kappa shape index (κ3) is 4.13. The van der Waals surface area contributed by atoms with Crippen molar-refractivity contribution >= 4 is 11.8 Å².